The van der Waals surface area contributed by atoms with Crippen LogP contribution in [-0.2, 0) is 0 Å². The van der Waals surface area contributed by atoms with Gasteiger partial charge in [0, 0.05) is 28.6 Å². The van der Waals surface area contributed by atoms with Crippen LogP contribution in [0.1, 0.15) is 0 Å². The molecule has 0 saturated heterocycles. The van der Waals surface area contributed by atoms with Gasteiger partial charge in [-0.2, -0.15) is 0 Å². The minimum atomic E-state index is -0.443. The molecule has 0 aliphatic heterocycles. The van der Waals surface area contributed by atoms with Crippen molar-refractivity contribution < 1.29 is 4.92 Å². The third-order valence-electron chi connectivity index (χ3n) is 4.22. The first-order valence-electron chi connectivity index (χ1n) is 8.47. The Morgan fingerprint density at radius 2 is 1.46 bits per heavy atom. The fraction of sp³-hybridized carbons (Fsp3) is 0. The summed E-state index contributed by atoms with van der Waals surface area (Å²) < 4.78 is 0. The first-order chi connectivity index (χ1) is 13.6. The highest BCUT2D eigenvalue weighted by atomic mass is 32.1. The van der Waals surface area contributed by atoms with E-state index in [1.807, 2.05) is 48.5 Å². The van der Waals surface area contributed by atoms with Gasteiger partial charge in [-0.05, 0) is 36.5 Å². The van der Waals surface area contributed by atoms with Crippen LogP contribution in [0.5, 0.6) is 0 Å². The minimum absolute atomic E-state index is 0.0253. The van der Waals surface area contributed by atoms with Crippen molar-refractivity contribution in [2.45, 2.75) is 0 Å². The number of rotatable bonds is 4. The Labute approximate surface area is 165 Å². The molecular formula is C20H15N5O2S. The van der Waals surface area contributed by atoms with Crippen LogP contribution < -0.4 is 16.2 Å². The molecule has 0 fully saturated rings. The average molecular weight is 389 g/mol. The average Bonchev–Trinajstić information content (AvgIpc) is 2.71. The van der Waals surface area contributed by atoms with Gasteiger partial charge in [0.2, 0.25) is 0 Å². The highest BCUT2D eigenvalue weighted by molar-refractivity contribution is 7.80. The largest absolute Gasteiger partial charge is 0.331 e. The molecule has 4 rings (SSSR count). The highest BCUT2D eigenvalue weighted by Crippen LogP contribution is 2.29. The van der Waals surface area contributed by atoms with E-state index < -0.39 is 4.92 Å². The Morgan fingerprint density at radius 1 is 0.893 bits per heavy atom. The molecule has 1 aromatic heterocycles. The summed E-state index contributed by atoms with van der Waals surface area (Å²) in [6.07, 6.45) is 0. The number of non-ortho nitro benzene ring substituents is 1. The number of hydrogen-bond donors (Lipinski definition) is 3. The van der Waals surface area contributed by atoms with E-state index in [1.54, 1.807) is 12.1 Å². The van der Waals surface area contributed by atoms with Crippen LogP contribution in [0.15, 0.2) is 72.8 Å². The predicted octanol–water partition coefficient (Wildman–Crippen LogP) is 4.61. The lowest BCUT2D eigenvalue weighted by Crippen LogP contribution is -2.33. The molecule has 0 radical (unpaired) electrons. The highest BCUT2D eigenvalue weighted by Gasteiger charge is 2.09. The Kier molecular flexibility index (Phi) is 4.69. The maximum atomic E-state index is 10.7. The van der Waals surface area contributed by atoms with E-state index in [1.165, 1.54) is 12.1 Å². The summed E-state index contributed by atoms with van der Waals surface area (Å²) in [6.45, 7) is 0. The lowest BCUT2D eigenvalue weighted by Gasteiger charge is -2.16. The second-order valence-electron chi connectivity index (χ2n) is 6.03. The standard InChI is InChI=1S/C20H15N5O2S/c26-25(27)14-11-9-13(10-12-14)21-20(28)24-23-19-15-5-1-3-7-17(15)22-18-8-4-2-6-16(18)19/h1-12H,(H,22,23)(H2,21,24,28). The molecule has 138 valence electrons. The van der Waals surface area contributed by atoms with E-state index in [0.29, 0.717) is 10.8 Å². The molecule has 28 heavy (non-hydrogen) atoms. The molecule has 0 unspecified atom stereocenters. The molecule has 0 aliphatic rings. The molecule has 0 aliphatic carbocycles. The molecule has 0 atom stereocenters. The van der Waals surface area contributed by atoms with Crippen LogP contribution in [0.25, 0.3) is 21.8 Å². The predicted molar refractivity (Wildman–Crippen MR) is 115 cm³/mol. The lowest BCUT2D eigenvalue weighted by molar-refractivity contribution is -0.384. The zero-order valence-corrected chi connectivity index (χ0v) is 15.4. The fourth-order valence-electron chi connectivity index (χ4n) is 2.92. The van der Waals surface area contributed by atoms with Crippen molar-refractivity contribution >= 4 is 56.2 Å². The number of nitro groups is 1. The van der Waals surface area contributed by atoms with Crippen molar-refractivity contribution in [3.05, 3.63) is 82.9 Å². The minimum Gasteiger partial charge on any atom is -0.331 e. The molecule has 8 heteroatoms. The molecule has 0 bridgehead atoms. The number of aromatic nitrogens is 1. The van der Waals surface area contributed by atoms with Gasteiger partial charge in [-0.15, -0.1) is 0 Å². The summed E-state index contributed by atoms with van der Waals surface area (Å²) in [4.78, 5) is 15.0. The molecule has 0 saturated carbocycles. The Balaban J connectivity index is 1.56. The van der Waals surface area contributed by atoms with Crippen molar-refractivity contribution in [1.29, 1.82) is 0 Å². The number of pyridine rings is 1. The van der Waals surface area contributed by atoms with E-state index in [9.17, 15) is 10.1 Å². The van der Waals surface area contributed by atoms with E-state index in [-0.39, 0.29) is 5.69 Å². The number of thiocarbonyl (C=S) groups is 1. The number of benzene rings is 3. The third kappa shape index (κ3) is 3.53. The first-order valence-corrected chi connectivity index (χ1v) is 8.87. The summed E-state index contributed by atoms with van der Waals surface area (Å²) >= 11 is 5.33. The molecule has 7 nitrogen and oxygen atoms in total. The van der Waals surface area contributed by atoms with Gasteiger partial charge in [0.1, 0.15) is 0 Å². The van der Waals surface area contributed by atoms with Crippen molar-refractivity contribution in [2.75, 3.05) is 10.7 Å². The van der Waals surface area contributed by atoms with Gasteiger partial charge in [-0.1, -0.05) is 36.4 Å². The smallest absolute Gasteiger partial charge is 0.269 e. The normalized spacial score (nSPS) is 10.6. The van der Waals surface area contributed by atoms with Crippen LogP contribution in [-0.4, -0.2) is 15.0 Å². The summed E-state index contributed by atoms with van der Waals surface area (Å²) in [5.74, 6) is 0. The summed E-state index contributed by atoms with van der Waals surface area (Å²) in [6, 6.07) is 21.7. The van der Waals surface area contributed by atoms with Gasteiger partial charge in [-0.3, -0.25) is 21.0 Å². The SMILES string of the molecule is O=[N+]([O-])c1ccc(NC(=S)NNc2c3ccccc3nc3ccccc23)cc1. The maximum absolute atomic E-state index is 10.7. The van der Waals surface area contributed by atoms with E-state index in [0.717, 1.165) is 27.5 Å². The zero-order chi connectivity index (χ0) is 19.5. The molecule has 4 aromatic rings. The van der Waals surface area contributed by atoms with Crippen molar-refractivity contribution in [1.82, 2.24) is 10.4 Å². The van der Waals surface area contributed by atoms with Gasteiger partial charge in [0.25, 0.3) is 5.69 Å². The molecule has 1 heterocycles. The van der Waals surface area contributed by atoms with E-state index in [2.05, 4.69) is 21.2 Å². The molecule has 0 amide bonds. The second kappa shape index (κ2) is 7.45. The van der Waals surface area contributed by atoms with Crippen LogP contribution >= 0.6 is 12.2 Å². The van der Waals surface area contributed by atoms with Crippen LogP contribution in [0.4, 0.5) is 17.1 Å². The number of para-hydroxylation sites is 2. The first kappa shape index (κ1) is 17.6. The monoisotopic (exact) mass is 389 g/mol. The van der Waals surface area contributed by atoms with Crippen LogP contribution in [0.3, 0.4) is 0 Å². The van der Waals surface area contributed by atoms with Crippen molar-refractivity contribution in [2.24, 2.45) is 0 Å². The van der Waals surface area contributed by atoms with Gasteiger partial charge in [0.15, 0.2) is 5.11 Å². The number of hydrogen-bond acceptors (Lipinski definition) is 5. The van der Waals surface area contributed by atoms with Crippen LogP contribution in [0, 0.1) is 10.1 Å². The number of nitrogens with zero attached hydrogens (tertiary/aromatic N) is 2. The topological polar surface area (TPSA) is 92.1 Å². The molecule has 3 N–H and O–H groups in total. The second-order valence-corrected chi connectivity index (χ2v) is 6.44. The number of hydrazine groups is 1. The zero-order valence-electron chi connectivity index (χ0n) is 14.5. The summed E-state index contributed by atoms with van der Waals surface area (Å²) in [7, 11) is 0. The Morgan fingerprint density at radius 3 is 2.04 bits per heavy atom. The van der Waals surface area contributed by atoms with Crippen LogP contribution in [0.2, 0.25) is 0 Å². The summed E-state index contributed by atoms with van der Waals surface area (Å²) in [5.41, 5.74) is 9.45. The fourth-order valence-corrected chi connectivity index (χ4v) is 3.09. The number of fused-ring (bicyclic) bond motifs is 2. The van der Waals surface area contributed by atoms with E-state index in [4.69, 9.17) is 12.2 Å². The van der Waals surface area contributed by atoms with E-state index >= 15 is 0 Å². The molecule has 0 spiro atoms. The quantitative estimate of drug-likeness (QED) is 0.203. The van der Waals surface area contributed by atoms with Gasteiger partial charge in [-0.25, -0.2) is 4.98 Å². The molecular weight excluding hydrogens is 374 g/mol. The van der Waals surface area contributed by atoms with Gasteiger partial charge >= 0.3 is 0 Å². The Hall–Kier alpha value is -3.78. The van der Waals surface area contributed by atoms with Gasteiger partial charge < -0.3 is 5.32 Å². The van der Waals surface area contributed by atoms with Gasteiger partial charge in [0.05, 0.1) is 21.6 Å². The van der Waals surface area contributed by atoms with Crippen molar-refractivity contribution in [3.8, 4) is 0 Å². The maximum Gasteiger partial charge on any atom is 0.269 e. The number of nitro benzene ring substituents is 1. The lowest BCUT2D eigenvalue weighted by atomic mass is 10.1. The summed E-state index contributed by atoms with van der Waals surface area (Å²) in [5, 5.41) is 16.0. The molecule has 3 aromatic carbocycles. The number of anilines is 2. The van der Waals surface area contributed by atoms with Crippen molar-refractivity contribution in [3.63, 3.8) is 0 Å². The third-order valence-corrected chi connectivity index (χ3v) is 4.43. The number of nitrogens with one attached hydrogen (secondary N) is 3. The Bertz CT molecular complexity index is 1140.